The average Bonchev–Trinajstić information content (AvgIpc) is 2.68. The van der Waals surface area contributed by atoms with Crippen LogP contribution in [0.3, 0.4) is 0 Å². The molecule has 32 heavy (non-hydrogen) atoms. The van der Waals surface area contributed by atoms with E-state index in [9.17, 15) is 19.8 Å². The van der Waals surface area contributed by atoms with Crippen LogP contribution in [0.25, 0.3) is 0 Å². The summed E-state index contributed by atoms with van der Waals surface area (Å²) in [6, 6.07) is -1.29. The van der Waals surface area contributed by atoms with Gasteiger partial charge in [0.2, 0.25) is 5.91 Å². The van der Waals surface area contributed by atoms with Gasteiger partial charge in [-0.15, -0.1) is 0 Å². The van der Waals surface area contributed by atoms with Crippen molar-refractivity contribution < 1.29 is 24.5 Å². The van der Waals surface area contributed by atoms with Crippen molar-refractivity contribution in [1.82, 2.24) is 10.6 Å². The van der Waals surface area contributed by atoms with Crippen molar-refractivity contribution >= 4 is 12.0 Å². The Balaban J connectivity index is 2.91. The molecule has 0 unspecified atom stereocenters. The van der Waals surface area contributed by atoms with Crippen molar-refractivity contribution in [3.05, 3.63) is 0 Å². The molecular weight excluding hydrogens is 408 g/mol. The van der Waals surface area contributed by atoms with Crippen LogP contribution < -0.4 is 10.6 Å². The van der Waals surface area contributed by atoms with Crippen molar-refractivity contribution in [2.75, 3.05) is 0 Å². The number of alkyl carbamates (subject to hydrolysis) is 1. The van der Waals surface area contributed by atoms with Gasteiger partial charge in [0, 0.05) is 0 Å². The number of hydrogen-bond donors (Lipinski definition) is 4. The average molecular weight is 457 g/mol. The standard InChI is InChI=1S/C25H48N2O5/c1-7-8-14-19(27-24(31)32-25(4,5)6)23(30)26-20(16-18-12-10-9-11-13-18)22(29)21(28)15-17(2)3/h17-22,28-29H,7-16H2,1-6H3,(H,26,30)(H,27,31)/t19-,20-,21-,22+/m0/s1. The lowest BCUT2D eigenvalue weighted by Gasteiger charge is -2.33. The van der Waals surface area contributed by atoms with Gasteiger partial charge in [-0.2, -0.15) is 0 Å². The van der Waals surface area contributed by atoms with Crippen LogP contribution in [-0.4, -0.2) is 52.1 Å². The molecule has 2 amide bonds. The number of rotatable bonds is 12. The van der Waals surface area contributed by atoms with Crippen molar-refractivity contribution in [3.8, 4) is 0 Å². The highest BCUT2D eigenvalue weighted by Gasteiger charge is 2.33. The van der Waals surface area contributed by atoms with Crippen LogP contribution in [0, 0.1) is 11.8 Å². The maximum atomic E-state index is 13.2. The maximum absolute atomic E-state index is 13.2. The first kappa shape index (κ1) is 28.7. The highest BCUT2D eigenvalue weighted by molar-refractivity contribution is 5.85. The zero-order valence-corrected chi connectivity index (χ0v) is 21.2. The summed E-state index contributed by atoms with van der Waals surface area (Å²) in [6.07, 6.45) is 6.39. The Morgan fingerprint density at radius 2 is 1.69 bits per heavy atom. The van der Waals surface area contributed by atoms with E-state index in [1.165, 1.54) is 6.42 Å². The molecule has 1 rings (SSSR count). The van der Waals surface area contributed by atoms with E-state index in [1.807, 2.05) is 20.8 Å². The van der Waals surface area contributed by atoms with Gasteiger partial charge in [0.1, 0.15) is 17.7 Å². The third-order valence-corrected chi connectivity index (χ3v) is 6.01. The second kappa shape index (κ2) is 14.0. The van der Waals surface area contributed by atoms with Crippen LogP contribution in [0.2, 0.25) is 0 Å². The summed E-state index contributed by atoms with van der Waals surface area (Å²) in [5.41, 5.74) is -0.656. The molecule has 0 saturated heterocycles. The van der Waals surface area contributed by atoms with E-state index in [0.717, 1.165) is 38.5 Å². The highest BCUT2D eigenvalue weighted by Crippen LogP contribution is 2.29. The highest BCUT2D eigenvalue weighted by atomic mass is 16.6. The predicted molar refractivity (Wildman–Crippen MR) is 127 cm³/mol. The van der Waals surface area contributed by atoms with Crippen molar-refractivity contribution in [2.24, 2.45) is 11.8 Å². The quantitative estimate of drug-likeness (QED) is 0.350. The fourth-order valence-electron chi connectivity index (χ4n) is 4.37. The molecule has 0 bridgehead atoms. The first-order valence-electron chi connectivity index (χ1n) is 12.6. The van der Waals surface area contributed by atoms with Gasteiger partial charge in [-0.1, -0.05) is 65.7 Å². The molecule has 4 N–H and O–H groups in total. The van der Waals surface area contributed by atoms with Gasteiger partial charge in [0.05, 0.1) is 12.1 Å². The summed E-state index contributed by atoms with van der Waals surface area (Å²) in [6.45, 7) is 11.4. The molecule has 1 saturated carbocycles. The molecule has 7 nitrogen and oxygen atoms in total. The molecule has 0 aromatic rings. The topological polar surface area (TPSA) is 108 Å². The molecule has 0 spiro atoms. The molecule has 1 fully saturated rings. The van der Waals surface area contributed by atoms with Crippen LogP contribution in [0.1, 0.15) is 106 Å². The first-order valence-corrected chi connectivity index (χ1v) is 12.6. The van der Waals surface area contributed by atoms with Gasteiger partial charge >= 0.3 is 6.09 Å². The van der Waals surface area contributed by atoms with Crippen LogP contribution in [-0.2, 0) is 9.53 Å². The molecule has 188 valence electrons. The Hall–Kier alpha value is -1.34. The number of carbonyl (C=O) groups is 2. The van der Waals surface area contributed by atoms with Gasteiger partial charge in [-0.3, -0.25) is 4.79 Å². The Labute approximate surface area is 195 Å². The Bertz CT molecular complexity index is 555. The van der Waals surface area contributed by atoms with E-state index in [-0.39, 0.29) is 11.8 Å². The number of amides is 2. The Morgan fingerprint density at radius 1 is 1.06 bits per heavy atom. The van der Waals surface area contributed by atoms with Gasteiger partial charge in [0.25, 0.3) is 0 Å². The van der Waals surface area contributed by atoms with E-state index in [0.29, 0.717) is 25.2 Å². The fourth-order valence-corrected chi connectivity index (χ4v) is 4.37. The minimum absolute atomic E-state index is 0.233. The second-order valence-corrected chi connectivity index (χ2v) is 10.9. The van der Waals surface area contributed by atoms with Gasteiger partial charge in [0.15, 0.2) is 0 Å². The fraction of sp³-hybridized carbons (Fsp3) is 0.920. The van der Waals surface area contributed by atoms with E-state index < -0.39 is 36.0 Å². The molecule has 7 heteroatoms. The van der Waals surface area contributed by atoms with E-state index >= 15 is 0 Å². The number of aliphatic hydroxyl groups excluding tert-OH is 2. The number of aliphatic hydroxyl groups is 2. The van der Waals surface area contributed by atoms with E-state index in [4.69, 9.17) is 4.74 Å². The zero-order valence-electron chi connectivity index (χ0n) is 21.2. The summed E-state index contributed by atoms with van der Waals surface area (Å²) in [5.74, 6) is 0.320. The molecular formula is C25H48N2O5. The SMILES string of the molecule is CCCC[C@H](NC(=O)OC(C)(C)C)C(=O)N[C@@H](CC1CCCCC1)[C@@H](O)[C@@H](O)CC(C)C. The third kappa shape index (κ3) is 11.5. The third-order valence-electron chi connectivity index (χ3n) is 6.01. The van der Waals surface area contributed by atoms with Crippen molar-refractivity contribution in [1.29, 1.82) is 0 Å². The minimum atomic E-state index is -1.04. The number of unbranched alkanes of at least 4 members (excludes halogenated alkanes) is 1. The van der Waals surface area contributed by atoms with Crippen LogP contribution in [0.5, 0.6) is 0 Å². The van der Waals surface area contributed by atoms with Crippen LogP contribution >= 0.6 is 0 Å². The van der Waals surface area contributed by atoms with E-state index in [2.05, 4.69) is 10.6 Å². The number of hydrogen-bond acceptors (Lipinski definition) is 5. The maximum Gasteiger partial charge on any atom is 0.408 e. The normalized spacial score (nSPS) is 19.2. The predicted octanol–water partition coefficient (Wildman–Crippen LogP) is 4.29. The lowest BCUT2D eigenvalue weighted by atomic mass is 9.82. The van der Waals surface area contributed by atoms with Gasteiger partial charge in [-0.25, -0.2) is 4.79 Å². The van der Waals surface area contributed by atoms with Crippen molar-refractivity contribution in [3.63, 3.8) is 0 Å². The van der Waals surface area contributed by atoms with Gasteiger partial charge in [-0.05, 0) is 51.9 Å². The van der Waals surface area contributed by atoms with Crippen molar-refractivity contribution in [2.45, 2.75) is 136 Å². The Morgan fingerprint density at radius 3 is 2.22 bits per heavy atom. The monoisotopic (exact) mass is 456 g/mol. The molecule has 1 aliphatic carbocycles. The number of carbonyl (C=O) groups excluding carboxylic acids is 2. The lowest BCUT2D eigenvalue weighted by molar-refractivity contribution is -0.126. The molecule has 0 aromatic carbocycles. The molecule has 4 atom stereocenters. The summed E-state index contributed by atoms with van der Waals surface area (Å²) < 4.78 is 5.33. The molecule has 1 aliphatic rings. The number of nitrogens with one attached hydrogen (secondary N) is 2. The van der Waals surface area contributed by atoms with Crippen LogP contribution in [0.4, 0.5) is 4.79 Å². The lowest BCUT2D eigenvalue weighted by Crippen LogP contribution is -2.55. The molecule has 0 aromatic heterocycles. The molecule has 0 radical (unpaired) electrons. The largest absolute Gasteiger partial charge is 0.444 e. The number of ether oxygens (including phenoxy) is 1. The summed E-state index contributed by atoms with van der Waals surface area (Å²) in [7, 11) is 0. The van der Waals surface area contributed by atoms with E-state index in [1.54, 1.807) is 20.8 Å². The smallest absolute Gasteiger partial charge is 0.408 e. The zero-order chi connectivity index (χ0) is 24.3. The first-order chi connectivity index (χ1) is 14.9. The second-order valence-electron chi connectivity index (χ2n) is 10.9. The van der Waals surface area contributed by atoms with Gasteiger partial charge < -0.3 is 25.6 Å². The summed E-state index contributed by atoms with van der Waals surface area (Å²) in [5, 5.41) is 27.2. The summed E-state index contributed by atoms with van der Waals surface area (Å²) in [4.78, 5) is 25.5. The van der Waals surface area contributed by atoms with Crippen LogP contribution in [0.15, 0.2) is 0 Å². The summed E-state index contributed by atoms with van der Waals surface area (Å²) >= 11 is 0. The molecule has 0 heterocycles. The minimum Gasteiger partial charge on any atom is -0.444 e. The Kier molecular flexibility index (Phi) is 12.6. The molecule has 0 aliphatic heterocycles.